The molecule has 0 radical (unpaired) electrons. The van der Waals surface area contributed by atoms with Crippen molar-refractivity contribution in [1.29, 1.82) is 0 Å². The van der Waals surface area contributed by atoms with Crippen LogP contribution in [0.5, 0.6) is 0 Å². The minimum absolute atomic E-state index is 0.0734. The number of nitrogens with one attached hydrogen (secondary N) is 3. The van der Waals surface area contributed by atoms with Gasteiger partial charge in [-0.15, -0.1) is 0 Å². The Hall–Kier alpha value is -2.30. The first-order valence-corrected chi connectivity index (χ1v) is 11.4. The fraction of sp³-hybridized carbons (Fsp3) is 0.524. The standard InChI is InChI=1S/C21H28BCl2N3O6/c1-11(2)7-17(22-32-16(21(31)33-22)9-18(28)26-12(3)4)27-19(29)10-25-20(30)14-8-13(23)5-6-15(14)24/h5-6,8,11-12,16-17H,7,9-10H2,1-4H3,(H,25,30)(H,26,28)(H,27,29)/t16?,17-/m0/s1. The Morgan fingerprint density at radius 3 is 2.42 bits per heavy atom. The van der Waals surface area contributed by atoms with Gasteiger partial charge in [0.25, 0.3) is 5.91 Å². The number of rotatable bonds is 10. The molecule has 0 spiro atoms. The molecule has 2 atom stereocenters. The maximum Gasteiger partial charge on any atom is 0.552 e. The summed E-state index contributed by atoms with van der Waals surface area (Å²) in [5.74, 6) is -2.58. The smallest absolute Gasteiger partial charge is 0.506 e. The van der Waals surface area contributed by atoms with E-state index in [0.29, 0.717) is 11.4 Å². The van der Waals surface area contributed by atoms with E-state index in [2.05, 4.69) is 16.0 Å². The van der Waals surface area contributed by atoms with Crippen LogP contribution in [0.25, 0.3) is 0 Å². The predicted molar refractivity (Wildman–Crippen MR) is 125 cm³/mol. The molecule has 0 aromatic heterocycles. The highest BCUT2D eigenvalue weighted by Gasteiger charge is 2.46. The first-order valence-electron chi connectivity index (χ1n) is 10.6. The molecule has 3 amide bonds. The molecule has 0 saturated carbocycles. The Morgan fingerprint density at radius 1 is 1.09 bits per heavy atom. The van der Waals surface area contributed by atoms with E-state index in [4.69, 9.17) is 32.5 Å². The van der Waals surface area contributed by atoms with E-state index in [-0.39, 0.29) is 41.4 Å². The topological polar surface area (TPSA) is 123 Å². The van der Waals surface area contributed by atoms with Crippen molar-refractivity contribution >= 4 is 54.0 Å². The van der Waals surface area contributed by atoms with Crippen molar-refractivity contribution in [2.24, 2.45) is 5.92 Å². The molecule has 2 rings (SSSR count). The number of amides is 3. The minimum atomic E-state index is -1.05. The number of carbonyl (C=O) groups excluding carboxylic acids is 4. The second-order valence-corrected chi connectivity index (χ2v) is 9.31. The van der Waals surface area contributed by atoms with Gasteiger partial charge in [-0.1, -0.05) is 37.0 Å². The zero-order chi connectivity index (χ0) is 24.7. The lowest BCUT2D eigenvalue weighted by Gasteiger charge is -2.21. The van der Waals surface area contributed by atoms with Gasteiger partial charge in [-0.05, 0) is 44.4 Å². The molecule has 180 valence electrons. The Balaban J connectivity index is 1.96. The Bertz CT molecular complexity index is 899. The van der Waals surface area contributed by atoms with Crippen molar-refractivity contribution in [3.05, 3.63) is 33.8 Å². The molecule has 3 N–H and O–H groups in total. The first-order chi connectivity index (χ1) is 15.5. The van der Waals surface area contributed by atoms with Crippen LogP contribution in [0.1, 0.15) is 50.9 Å². The summed E-state index contributed by atoms with van der Waals surface area (Å²) in [6.45, 7) is 7.15. The zero-order valence-corrected chi connectivity index (χ0v) is 20.5. The summed E-state index contributed by atoms with van der Waals surface area (Å²) in [5.41, 5.74) is 0.145. The normalized spacial score (nSPS) is 16.5. The van der Waals surface area contributed by atoms with E-state index in [9.17, 15) is 19.2 Å². The van der Waals surface area contributed by atoms with Gasteiger partial charge in [0.05, 0.1) is 29.5 Å². The maximum atomic E-state index is 12.5. The van der Waals surface area contributed by atoms with Gasteiger partial charge in [0.15, 0.2) is 0 Å². The molecule has 1 heterocycles. The summed E-state index contributed by atoms with van der Waals surface area (Å²) in [4.78, 5) is 49.0. The third-order valence-electron chi connectivity index (χ3n) is 4.60. The van der Waals surface area contributed by atoms with Gasteiger partial charge >= 0.3 is 13.1 Å². The van der Waals surface area contributed by atoms with E-state index in [1.54, 1.807) is 6.07 Å². The lowest BCUT2D eigenvalue weighted by atomic mass is 9.74. The van der Waals surface area contributed by atoms with Crippen LogP contribution in [0.3, 0.4) is 0 Å². The molecule has 1 unspecified atom stereocenters. The summed E-state index contributed by atoms with van der Waals surface area (Å²) in [7, 11) is -1.04. The van der Waals surface area contributed by atoms with Crippen molar-refractivity contribution in [3.63, 3.8) is 0 Å². The van der Waals surface area contributed by atoms with Crippen LogP contribution in [0.15, 0.2) is 18.2 Å². The molecule has 0 bridgehead atoms. The molecule has 33 heavy (non-hydrogen) atoms. The number of benzene rings is 1. The molecule has 1 aliphatic heterocycles. The van der Waals surface area contributed by atoms with Gasteiger partial charge in [-0.2, -0.15) is 0 Å². The Kier molecular flexibility index (Phi) is 10.0. The van der Waals surface area contributed by atoms with Crippen molar-refractivity contribution in [2.45, 2.75) is 58.6 Å². The van der Waals surface area contributed by atoms with E-state index >= 15 is 0 Å². The van der Waals surface area contributed by atoms with Crippen LogP contribution in [-0.4, -0.2) is 55.4 Å². The van der Waals surface area contributed by atoms with Gasteiger partial charge in [-0.25, -0.2) is 0 Å². The lowest BCUT2D eigenvalue weighted by molar-refractivity contribution is -0.139. The molecular weight excluding hydrogens is 472 g/mol. The van der Waals surface area contributed by atoms with E-state index in [1.165, 1.54) is 12.1 Å². The summed E-state index contributed by atoms with van der Waals surface area (Å²) in [5, 5.41) is 8.45. The molecule has 1 aromatic carbocycles. The number of halogens is 2. The first kappa shape index (κ1) is 27.0. The van der Waals surface area contributed by atoms with Crippen molar-refractivity contribution < 1.29 is 28.5 Å². The molecule has 9 nitrogen and oxygen atoms in total. The van der Waals surface area contributed by atoms with E-state index in [1.807, 2.05) is 27.7 Å². The van der Waals surface area contributed by atoms with Crippen LogP contribution >= 0.6 is 23.2 Å². The molecule has 1 aromatic rings. The third kappa shape index (κ3) is 8.53. The summed E-state index contributed by atoms with van der Waals surface area (Å²) in [6.07, 6.45) is -0.778. The van der Waals surface area contributed by atoms with Crippen molar-refractivity contribution in [2.75, 3.05) is 6.54 Å². The molecule has 12 heteroatoms. The fourth-order valence-corrected chi connectivity index (χ4v) is 3.60. The number of hydrogen-bond acceptors (Lipinski definition) is 6. The average Bonchev–Trinajstić information content (AvgIpc) is 3.06. The van der Waals surface area contributed by atoms with Crippen LogP contribution in [0, 0.1) is 5.92 Å². The Labute approximate surface area is 203 Å². The van der Waals surface area contributed by atoms with Gasteiger partial charge in [0.1, 0.15) is 6.10 Å². The molecular formula is C21H28BCl2N3O6. The lowest BCUT2D eigenvalue weighted by Crippen LogP contribution is -2.51. The fourth-order valence-electron chi connectivity index (χ4n) is 3.22. The van der Waals surface area contributed by atoms with Gasteiger partial charge in [-0.3, -0.25) is 19.2 Å². The predicted octanol–water partition coefficient (Wildman–Crippen LogP) is 2.14. The number of hydrogen-bond donors (Lipinski definition) is 3. The highest BCUT2D eigenvalue weighted by Crippen LogP contribution is 2.21. The van der Waals surface area contributed by atoms with Crippen LogP contribution < -0.4 is 16.0 Å². The molecule has 0 aliphatic carbocycles. The van der Waals surface area contributed by atoms with Crippen molar-refractivity contribution in [3.8, 4) is 0 Å². The SMILES string of the molecule is CC(C)C[C@H](NC(=O)CNC(=O)c1cc(Cl)ccc1Cl)B1OC(=O)C(CC(=O)NC(C)C)O1. The average molecular weight is 500 g/mol. The highest BCUT2D eigenvalue weighted by atomic mass is 35.5. The maximum absolute atomic E-state index is 12.5. The quantitative estimate of drug-likeness (QED) is 0.424. The monoisotopic (exact) mass is 499 g/mol. The molecule has 1 saturated heterocycles. The minimum Gasteiger partial charge on any atom is -0.506 e. The van der Waals surface area contributed by atoms with Crippen LogP contribution in [-0.2, 0) is 23.7 Å². The van der Waals surface area contributed by atoms with Gasteiger partial charge in [0.2, 0.25) is 11.8 Å². The Morgan fingerprint density at radius 2 is 1.79 bits per heavy atom. The van der Waals surface area contributed by atoms with Crippen molar-refractivity contribution in [1.82, 2.24) is 16.0 Å². The van der Waals surface area contributed by atoms with E-state index in [0.717, 1.165) is 0 Å². The third-order valence-corrected chi connectivity index (χ3v) is 5.16. The summed E-state index contributed by atoms with van der Waals surface area (Å²) < 4.78 is 10.9. The largest absolute Gasteiger partial charge is 0.552 e. The number of carbonyl (C=O) groups is 4. The van der Waals surface area contributed by atoms with Crippen LogP contribution in [0.4, 0.5) is 0 Å². The van der Waals surface area contributed by atoms with E-state index < -0.39 is 36.9 Å². The summed E-state index contributed by atoms with van der Waals surface area (Å²) in [6, 6.07) is 4.36. The second-order valence-electron chi connectivity index (χ2n) is 8.47. The summed E-state index contributed by atoms with van der Waals surface area (Å²) >= 11 is 11.9. The second kappa shape index (κ2) is 12.2. The van der Waals surface area contributed by atoms with Gasteiger partial charge in [0, 0.05) is 11.1 Å². The molecule has 1 fully saturated rings. The highest BCUT2D eigenvalue weighted by molar-refractivity contribution is 6.51. The van der Waals surface area contributed by atoms with Gasteiger partial charge < -0.3 is 25.3 Å². The molecule has 1 aliphatic rings. The van der Waals surface area contributed by atoms with Crippen LogP contribution in [0.2, 0.25) is 10.0 Å². The zero-order valence-electron chi connectivity index (χ0n) is 18.9.